The van der Waals surface area contributed by atoms with Crippen LogP contribution in [0.2, 0.25) is 0 Å². The van der Waals surface area contributed by atoms with Crippen LogP contribution in [0.5, 0.6) is 0 Å². The van der Waals surface area contributed by atoms with Crippen LogP contribution in [0.15, 0.2) is 54.9 Å². The third-order valence-corrected chi connectivity index (χ3v) is 4.88. The summed E-state index contributed by atoms with van der Waals surface area (Å²) in [4.78, 5) is 6.51. The van der Waals surface area contributed by atoms with Gasteiger partial charge in [0.25, 0.3) is 0 Å². The molecule has 3 heteroatoms. The van der Waals surface area contributed by atoms with Crippen molar-refractivity contribution in [1.82, 2.24) is 9.88 Å². The van der Waals surface area contributed by atoms with E-state index in [1.165, 1.54) is 19.3 Å². The van der Waals surface area contributed by atoms with Crippen LogP contribution < -0.4 is 0 Å². The lowest BCUT2D eigenvalue weighted by Gasteiger charge is -2.43. The number of rotatable bonds is 4. The van der Waals surface area contributed by atoms with Crippen LogP contribution in [0.4, 0.5) is 0 Å². The largest absolute Gasteiger partial charge is 0.379 e. The monoisotopic (exact) mass is 296 g/mol. The maximum Gasteiger partial charge on any atom is 0.130 e. The van der Waals surface area contributed by atoms with E-state index < -0.39 is 5.60 Å². The van der Waals surface area contributed by atoms with Crippen molar-refractivity contribution in [3.05, 3.63) is 66.0 Å². The average Bonchev–Trinajstić information content (AvgIpc) is 2.62. The zero-order chi connectivity index (χ0) is 15.4. The molecule has 2 heterocycles. The summed E-state index contributed by atoms with van der Waals surface area (Å²) in [5.74, 6) is 0. The fraction of sp³-hybridized carbons (Fsp3) is 0.421. The zero-order valence-corrected chi connectivity index (χ0v) is 13.2. The van der Waals surface area contributed by atoms with E-state index in [1.54, 1.807) is 12.4 Å². The summed E-state index contributed by atoms with van der Waals surface area (Å²) in [6.07, 6.45) is 7.23. The van der Waals surface area contributed by atoms with Gasteiger partial charge >= 0.3 is 0 Å². The summed E-state index contributed by atoms with van der Waals surface area (Å²) in [7, 11) is 0. The topological polar surface area (TPSA) is 36.4 Å². The van der Waals surface area contributed by atoms with Crippen LogP contribution in [-0.2, 0) is 5.60 Å². The Labute approximate surface area is 132 Å². The highest BCUT2D eigenvalue weighted by Gasteiger charge is 2.40. The molecule has 1 fully saturated rings. The van der Waals surface area contributed by atoms with Crippen LogP contribution in [0.25, 0.3) is 0 Å². The van der Waals surface area contributed by atoms with Gasteiger partial charge in [0, 0.05) is 18.4 Å². The number of aliphatic hydroxyl groups is 1. The first-order valence-electron chi connectivity index (χ1n) is 8.15. The van der Waals surface area contributed by atoms with Gasteiger partial charge in [-0.3, -0.25) is 9.88 Å². The molecule has 0 saturated carbocycles. The van der Waals surface area contributed by atoms with Crippen molar-refractivity contribution in [2.75, 3.05) is 13.1 Å². The second-order valence-electron chi connectivity index (χ2n) is 6.14. The van der Waals surface area contributed by atoms with Crippen LogP contribution in [0.3, 0.4) is 0 Å². The maximum absolute atomic E-state index is 11.7. The molecule has 2 aromatic rings. The molecular weight excluding hydrogens is 272 g/mol. The number of likely N-dealkylation sites (tertiary alicyclic amines) is 1. The lowest BCUT2D eigenvalue weighted by atomic mass is 9.80. The first-order valence-corrected chi connectivity index (χ1v) is 8.15. The first-order chi connectivity index (χ1) is 10.7. The Balaban J connectivity index is 2.03. The summed E-state index contributed by atoms with van der Waals surface area (Å²) >= 11 is 0. The van der Waals surface area contributed by atoms with Crippen LogP contribution in [0.1, 0.15) is 37.3 Å². The Bertz CT molecular complexity index is 539. The molecule has 3 nitrogen and oxygen atoms in total. The molecule has 22 heavy (non-hydrogen) atoms. The van der Waals surface area contributed by atoms with E-state index in [4.69, 9.17) is 0 Å². The van der Waals surface area contributed by atoms with E-state index in [-0.39, 0.29) is 6.04 Å². The molecule has 116 valence electrons. The third kappa shape index (κ3) is 2.79. The van der Waals surface area contributed by atoms with Gasteiger partial charge in [0.05, 0.1) is 0 Å². The van der Waals surface area contributed by atoms with Gasteiger partial charge in [0.15, 0.2) is 0 Å². The third-order valence-electron chi connectivity index (χ3n) is 4.88. The normalized spacial score (nSPS) is 20.3. The van der Waals surface area contributed by atoms with Crippen molar-refractivity contribution in [3.8, 4) is 0 Å². The maximum atomic E-state index is 11.7. The second-order valence-corrected chi connectivity index (χ2v) is 6.14. The molecule has 3 rings (SSSR count). The summed E-state index contributed by atoms with van der Waals surface area (Å²) in [6.45, 7) is 4.25. The highest BCUT2D eigenvalue weighted by Crippen LogP contribution is 2.36. The highest BCUT2D eigenvalue weighted by molar-refractivity contribution is 5.37. The van der Waals surface area contributed by atoms with Crippen molar-refractivity contribution in [1.29, 1.82) is 0 Å². The molecule has 0 radical (unpaired) electrons. The van der Waals surface area contributed by atoms with Crippen molar-refractivity contribution >= 4 is 0 Å². The molecule has 2 atom stereocenters. The predicted molar refractivity (Wildman–Crippen MR) is 88.6 cm³/mol. The van der Waals surface area contributed by atoms with Crippen molar-refractivity contribution in [3.63, 3.8) is 0 Å². The van der Waals surface area contributed by atoms with Crippen molar-refractivity contribution in [2.45, 2.75) is 37.8 Å². The second kappa shape index (κ2) is 6.59. The smallest absolute Gasteiger partial charge is 0.130 e. The molecule has 1 aromatic heterocycles. The fourth-order valence-corrected chi connectivity index (χ4v) is 3.52. The van der Waals surface area contributed by atoms with Gasteiger partial charge in [-0.05, 0) is 56.1 Å². The predicted octanol–water partition coefficient (Wildman–Crippen LogP) is 3.19. The molecule has 1 aromatic carbocycles. The molecule has 1 saturated heterocycles. The fourth-order valence-electron chi connectivity index (χ4n) is 3.52. The van der Waals surface area contributed by atoms with E-state index in [0.29, 0.717) is 0 Å². The van der Waals surface area contributed by atoms with Gasteiger partial charge in [-0.2, -0.15) is 0 Å². The number of benzene rings is 1. The number of nitrogens with zero attached hydrogens (tertiary/aromatic N) is 2. The Kier molecular flexibility index (Phi) is 4.55. The lowest BCUT2D eigenvalue weighted by molar-refractivity contribution is -0.0195. The Morgan fingerprint density at radius 3 is 2.18 bits per heavy atom. The van der Waals surface area contributed by atoms with Crippen LogP contribution >= 0.6 is 0 Å². The van der Waals surface area contributed by atoms with Crippen molar-refractivity contribution < 1.29 is 5.11 Å². The van der Waals surface area contributed by atoms with Gasteiger partial charge < -0.3 is 5.11 Å². The molecule has 0 amide bonds. The van der Waals surface area contributed by atoms with E-state index in [2.05, 4.69) is 16.8 Å². The van der Waals surface area contributed by atoms with Crippen molar-refractivity contribution in [2.24, 2.45) is 0 Å². The van der Waals surface area contributed by atoms with Crippen LogP contribution in [0, 0.1) is 0 Å². The number of hydrogen-bond acceptors (Lipinski definition) is 3. The number of hydrogen-bond donors (Lipinski definition) is 1. The van der Waals surface area contributed by atoms with Gasteiger partial charge in [0.1, 0.15) is 5.60 Å². The Morgan fingerprint density at radius 1 is 0.955 bits per heavy atom. The Morgan fingerprint density at radius 2 is 1.55 bits per heavy atom. The van der Waals surface area contributed by atoms with Gasteiger partial charge in [-0.1, -0.05) is 36.8 Å². The summed E-state index contributed by atoms with van der Waals surface area (Å²) in [5, 5.41) is 11.7. The quantitative estimate of drug-likeness (QED) is 0.941. The van der Waals surface area contributed by atoms with E-state index in [9.17, 15) is 5.11 Å². The van der Waals surface area contributed by atoms with E-state index in [0.717, 1.165) is 24.2 Å². The summed E-state index contributed by atoms with van der Waals surface area (Å²) in [6, 6.07) is 13.9. The SMILES string of the molecule is CC(N1CCCCC1)C(O)(c1ccccc1)c1ccncc1. The molecule has 2 unspecified atom stereocenters. The van der Waals surface area contributed by atoms with E-state index >= 15 is 0 Å². The molecule has 0 spiro atoms. The highest BCUT2D eigenvalue weighted by atomic mass is 16.3. The lowest BCUT2D eigenvalue weighted by Crippen LogP contribution is -2.51. The van der Waals surface area contributed by atoms with Gasteiger partial charge in [0.2, 0.25) is 0 Å². The Hall–Kier alpha value is -1.71. The standard InChI is InChI=1S/C19H24N2O/c1-16(21-14-6-3-7-15-21)19(22,17-8-4-2-5-9-17)18-10-12-20-13-11-18/h2,4-5,8-13,16,22H,3,6-7,14-15H2,1H3. The minimum atomic E-state index is -1.01. The first kappa shape index (κ1) is 15.2. The minimum absolute atomic E-state index is 0.0256. The van der Waals surface area contributed by atoms with E-state index in [1.807, 2.05) is 42.5 Å². The summed E-state index contributed by atoms with van der Waals surface area (Å²) < 4.78 is 0. The number of pyridine rings is 1. The molecule has 0 bridgehead atoms. The summed E-state index contributed by atoms with van der Waals surface area (Å²) in [5.41, 5.74) is 0.840. The average molecular weight is 296 g/mol. The van der Waals surface area contributed by atoms with Crippen LogP contribution in [-0.4, -0.2) is 34.1 Å². The number of aromatic nitrogens is 1. The molecule has 1 N–H and O–H groups in total. The molecule has 1 aliphatic rings. The molecular formula is C19H24N2O. The number of piperidine rings is 1. The van der Waals surface area contributed by atoms with Gasteiger partial charge in [-0.25, -0.2) is 0 Å². The zero-order valence-electron chi connectivity index (χ0n) is 13.2. The van der Waals surface area contributed by atoms with Gasteiger partial charge in [-0.15, -0.1) is 0 Å². The molecule has 0 aliphatic carbocycles. The molecule has 1 aliphatic heterocycles. The minimum Gasteiger partial charge on any atom is -0.379 e.